The number of methoxy groups -OCH3 is 1. The van der Waals surface area contributed by atoms with Crippen LogP contribution in [0.3, 0.4) is 0 Å². The number of aliphatic hydroxyl groups excluding tert-OH is 2. The van der Waals surface area contributed by atoms with E-state index in [1.54, 1.807) is 0 Å². The SMILES string of the molecule is CO[C@H]1O[C@H](CO)[C@H](O)[C@H]1OCc1ccccc1. The van der Waals surface area contributed by atoms with E-state index in [-0.39, 0.29) is 6.61 Å². The smallest absolute Gasteiger partial charge is 0.186 e. The molecule has 0 saturated carbocycles. The summed E-state index contributed by atoms with van der Waals surface area (Å²) in [5.41, 5.74) is 1.01. The average Bonchev–Trinajstić information content (AvgIpc) is 2.73. The van der Waals surface area contributed by atoms with E-state index in [9.17, 15) is 5.11 Å². The fourth-order valence-electron chi connectivity index (χ4n) is 1.99. The molecule has 0 aromatic heterocycles. The first-order chi connectivity index (χ1) is 8.76. The van der Waals surface area contributed by atoms with Gasteiger partial charge in [-0.25, -0.2) is 0 Å². The summed E-state index contributed by atoms with van der Waals surface area (Å²) in [4.78, 5) is 0. The Bertz CT molecular complexity index is 354. The molecule has 1 saturated heterocycles. The van der Waals surface area contributed by atoms with Crippen molar-refractivity contribution < 1.29 is 24.4 Å². The van der Waals surface area contributed by atoms with Gasteiger partial charge in [0.2, 0.25) is 0 Å². The lowest BCUT2D eigenvalue weighted by Crippen LogP contribution is -2.36. The Hall–Kier alpha value is -0.980. The zero-order valence-electron chi connectivity index (χ0n) is 10.2. The summed E-state index contributed by atoms with van der Waals surface area (Å²) in [7, 11) is 1.48. The second-order valence-electron chi connectivity index (χ2n) is 4.21. The van der Waals surface area contributed by atoms with Gasteiger partial charge in [-0.3, -0.25) is 0 Å². The fraction of sp³-hybridized carbons (Fsp3) is 0.538. The lowest BCUT2D eigenvalue weighted by molar-refractivity contribution is -0.168. The molecule has 4 atom stereocenters. The molecule has 0 unspecified atom stereocenters. The van der Waals surface area contributed by atoms with E-state index in [1.165, 1.54) is 7.11 Å². The maximum atomic E-state index is 9.94. The Morgan fingerprint density at radius 2 is 2.00 bits per heavy atom. The maximum absolute atomic E-state index is 9.94. The molecule has 100 valence electrons. The van der Waals surface area contributed by atoms with Crippen LogP contribution in [0.2, 0.25) is 0 Å². The van der Waals surface area contributed by atoms with Gasteiger partial charge < -0.3 is 24.4 Å². The number of benzene rings is 1. The molecule has 1 aliphatic heterocycles. The van der Waals surface area contributed by atoms with E-state index in [0.29, 0.717) is 6.61 Å². The normalized spacial score (nSPS) is 31.7. The van der Waals surface area contributed by atoms with Crippen LogP contribution in [0.25, 0.3) is 0 Å². The first-order valence-corrected chi connectivity index (χ1v) is 5.89. The van der Waals surface area contributed by atoms with Crippen molar-refractivity contribution in [3.05, 3.63) is 35.9 Å². The number of ether oxygens (including phenoxy) is 3. The van der Waals surface area contributed by atoms with Crippen molar-refractivity contribution in [3.63, 3.8) is 0 Å². The molecule has 5 nitrogen and oxygen atoms in total. The molecule has 0 bridgehead atoms. The number of aliphatic hydroxyl groups is 2. The van der Waals surface area contributed by atoms with Gasteiger partial charge in [0.1, 0.15) is 18.3 Å². The molecule has 1 aliphatic rings. The lowest BCUT2D eigenvalue weighted by atomic mass is 10.1. The Morgan fingerprint density at radius 1 is 1.28 bits per heavy atom. The van der Waals surface area contributed by atoms with E-state index >= 15 is 0 Å². The molecule has 1 aromatic carbocycles. The third kappa shape index (κ3) is 2.88. The summed E-state index contributed by atoms with van der Waals surface area (Å²) < 4.78 is 16.0. The van der Waals surface area contributed by atoms with E-state index < -0.39 is 24.6 Å². The van der Waals surface area contributed by atoms with Crippen LogP contribution in [0, 0.1) is 0 Å². The lowest BCUT2D eigenvalue weighted by Gasteiger charge is -2.19. The summed E-state index contributed by atoms with van der Waals surface area (Å²) in [6.45, 7) is 0.107. The molecular weight excluding hydrogens is 236 g/mol. The van der Waals surface area contributed by atoms with Gasteiger partial charge in [-0.15, -0.1) is 0 Å². The zero-order chi connectivity index (χ0) is 13.0. The van der Waals surface area contributed by atoms with Crippen LogP contribution in [0.1, 0.15) is 5.56 Å². The number of rotatable bonds is 5. The molecule has 1 fully saturated rings. The van der Waals surface area contributed by atoms with Crippen LogP contribution >= 0.6 is 0 Å². The Balaban J connectivity index is 1.95. The van der Waals surface area contributed by atoms with Crippen molar-refractivity contribution in [2.24, 2.45) is 0 Å². The number of hydrogen-bond donors (Lipinski definition) is 2. The standard InChI is InChI=1S/C13H18O5/c1-16-13-12(11(15)10(7-14)18-13)17-8-9-5-3-2-4-6-9/h2-6,10-15H,7-8H2,1H3/t10-,11+,12-,13+/m1/s1. The van der Waals surface area contributed by atoms with Crippen LogP contribution in [-0.2, 0) is 20.8 Å². The Labute approximate surface area is 106 Å². The summed E-state index contributed by atoms with van der Waals surface area (Å²) in [6, 6.07) is 9.65. The van der Waals surface area contributed by atoms with Crippen LogP contribution in [0.4, 0.5) is 0 Å². The van der Waals surface area contributed by atoms with Gasteiger partial charge in [0, 0.05) is 7.11 Å². The highest BCUT2D eigenvalue weighted by molar-refractivity contribution is 5.13. The molecule has 1 aromatic rings. The maximum Gasteiger partial charge on any atom is 0.186 e. The molecule has 0 amide bonds. The largest absolute Gasteiger partial charge is 0.394 e. The average molecular weight is 254 g/mol. The predicted molar refractivity (Wildman–Crippen MR) is 63.8 cm³/mol. The van der Waals surface area contributed by atoms with Crippen molar-refractivity contribution in [1.29, 1.82) is 0 Å². The molecule has 5 heteroatoms. The van der Waals surface area contributed by atoms with Crippen molar-refractivity contribution in [2.75, 3.05) is 13.7 Å². The van der Waals surface area contributed by atoms with Crippen LogP contribution < -0.4 is 0 Å². The molecule has 0 radical (unpaired) electrons. The molecule has 1 heterocycles. The van der Waals surface area contributed by atoms with E-state index in [4.69, 9.17) is 19.3 Å². The van der Waals surface area contributed by atoms with Gasteiger partial charge in [-0.1, -0.05) is 30.3 Å². The molecule has 0 spiro atoms. The van der Waals surface area contributed by atoms with Crippen molar-refractivity contribution in [2.45, 2.75) is 31.2 Å². The van der Waals surface area contributed by atoms with Gasteiger partial charge in [0.15, 0.2) is 6.29 Å². The summed E-state index contributed by atoms with van der Waals surface area (Å²) in [5.74, 6) is 0. The highest BCUT2D eigenvalue weighted by Crippen LogP contribution is 2.25. The quantitative estimate of drug-likeness (QED) is 0.791. The summed E-state index contributed by atoms with van der Waals surface area (Å²) in [6.07, 6.45) is -2.78. The minimum absolute atomic E-state index is 0.258. The number of hydrogen-bond acceptors (Lipinski definition) is 5. The second-order valence-corrected chi connectivity index (χ2v) is 4.21. The summed E-state index contributed by atoms with van der Waals surface area (Å²) >= 11 is 0. The highest BCUT2D eigenvalue weighted by atomic mass is 16.7. The van der Waals surface area contributed by atoms with Gasteiger partial charge in [-0.2, -0.15) is 0 Å². The van der Waals surface area contributed by atoms with Crippen LogP contribution in [0.15, 0.2) is 30.3 Å². The minimum Gasteiger partial charge on any atom is -0.394 e. The van der Waals surface area contributed by atoms with Gasteiger partial charge in [0.25, 0.3) is 0 Å². The summed E-state index contributed by atoms with van der Waals surface area (Å²) in [5, 5.41) is 19.0. The monoisotopic (exact) mass is 254 g/mol. The van der Waals surface area contributed by atoms with Crippen molar-refractivity contribution >= 4 is 0 Å². The minimum atomic E-state index is -0.885. The van der Waals surface area contributed by atoms with Crippen LogP contribution in [-0.4, -0.2) is 48.5 Å². The van der Waals surface area contributed by atoms with Crippen molar-refractivity contribution in [3.8, 4) is 0 Å². The van der Waals surface area contributed by atoms with Crippen LogP contribution in [0.5, 0.6) is 0 Å². The van der Waals surface area contributed by atoms with E-state index in [1.807, 2.05) is 30.3 Å². The first kappa shape index (κ1) is 13.5. The third-order valence-electron chi connectivity index (χ3n) is 2.99. The van der Waals surface area contributed by atoms with E-state index in [0.717, 1.165) is 5.56 Å². The molecular formula is C13H18O5. The predicted octanol–water partition coefficient (Wildman–Crippen LogP) is 0.296. The van der Waals surface area contributed by atoms with Crippen molar-refractivity contribution in [1.82, 2.24) is 0 Å². The third-order valence-corrected chi connectivity index (χ3v) is 2.99. The Kier molecular flexibility index (Phi) is 4.68. The highest BCUT2D eigenvalue weighted by Gasteiger charge is 2.44. The molecule has 2 rings (SSSR count). The molecule has 18 heavy (non-hydrogen) atoms. The zero-order valence-corrected chi connectivity index (χ0v) is 10.2. The second kappa shape index (κ2) is 6.26. The molecule has 2 N–H and O–H groups in total. The van der Waals surface area contributed by atoms with E-state index in [2.05, 4.69) is 0 Å². The fourth-order valence-corrected chi connectivity index (χ4v) is 1.99. The first-order valence-electron chi connectivity index (χ1n) is 5.89. The molecule has 0 aliphatic carbocycles. The van der Waals surface area contributed by atoms with Gasteiger partial charge >= 0.3 is 0 Å². The van der Waals surface area contributed by atoms with Gasteiger partial charge in [0.05, 0.1) is 13.2 Å². The Morgan fingerprint density at radius 3 is 2.61 bits per heavy atom. The topological polar surface area (TPSA) is 68.2 Å². The van der Waals surface area contributed by atoms with Gasteiger partial charge in [-0.05, 0) is 5.56 Å².